The number of benzene rings is 2. The third kappa shape index (κ3) is 5.26. The molecule has 0 radical (unpaired) electrons. The molecule has 2 aromatic carbocycles. The topological polar surface area (TPSA) is 73.8 Å². The van der Waals surface area contributed by atoms with Gasteiger partial charge in [-0.1, -0.05) is 30.3 Å². The maximum atomic E-state index is 14.9. The predicted octanol–water partition coefficient (Wildman–Crippen LogP) is 3.08. The maximum Gasteiger partial charge on any atom is 0.231 e. The van der Waals surface area contributed by atoms with Crippen LogP contribution in [0.25, 0.3) is 0 Å². The van der Waals surface area contributed by atoms with Gasteiger partial charge in [0.1, 0.15) is 18.2 Å². The van der Waals surface area contributed by atoms with Crippen LogP contribution in [0.4, 0.5) is 10.1 Å². The molecule has 2 heterocycles. The summed E-state index contributed by atoms with van der Waals surface area (Å²) in [6.07, 6.45) is 2.65. The van der Waals surface area contributed by atoms with Gasteiger partial charge in [0.25, 0.3) is 0 Å². The van der Waals surface area contributed by atoms with Gasteiger partial charge >= 0.3 is 0 Å². The van der Waals surface area contributed by atoms with Crippen LogP contribution < -0.4 is 19.7 Å². The van der Waals surface area contributed by atoms with E-state index >= 15 is 0 Å². The molecule has 0 aliphatic carbocycles. The van der Waals surface area contributed by atoms with Gasteiger partial charge in [0, 0.05) is 43.2 Å². The van der Waals surface area contributed by atoms with Crippen LogP contribution in [0.15, 0.2) is 42.5 Å². The summed E-state index contributed by atoms with van der Waals surface area (Å²) in [5.41, 5.74) is 2.96. The quantitative estimate of drug-likeness (QED) is 0.407. The fourth-order valence-corrected chi connectivity index (χ4v) is 4.95. The Morgan fingerprint density at radius 2 is 2.03 bits per heavy atom. The molecule has 8 heteroatoms. The number of fused-ring (bicyclic) bond motifs is 1. The second kappa shape index (κ2) is 10.1. The van der Waals surface area contributed by atoms with Gasteiger partial charge in [-0.2, -0.15) is 0 Å². The van der Waals surface area contributed by atoms with E-state index in [0.717, 1.165) is 37.9 Å². The Labute approximate surface area is 185 Å². The summed E-state index contributed by atoms with van der Waals surface area (Å²) < 4.78 is 42.7. The molecule has 0 bridgehead atoms. The first-order valence-electron chi connectivity index (χ1n) is 10.8. The average molecular weight is 448 g/mol. The van der Waals surface area contributed by atoms with Crippen LogP contribution in [0.5, 0.6) is 5.75 Å². The van der Waals surface area contributed by atoms with Gasteiger partial charge in [0.05, 0.1) is 5.69 Å². The van der Waals surface area contributed by atoms with Crippen LogP contribution >= 0.6 is 0 Å². The lowest BCUT2D eigenvalue weighted by molar-refractivity contribution is 0.217. The van der Waals surface area contributed by atoms with Gasteiger partial charge in [-0.05, 0) is 43.9 Å². The van der Waals surface area contributed by atoms with Crippen LogP contribution in [-0.2, 0) is 17.7 Å². The van der Waals surface area contributed by atoms with E-state index in [1.54, 1.807) is 6.07 Å². The molecule has 3 N–H and O–H groups in total. The second-order valence-electron chi connectivity index (χ2n) is 8.40. The largest absolute Gasteiger partial charge is 0.492 e. The lowest BCUT2D eigenvalue weighted by Gasteiger charge is -2.42. The summed E-state index contributed by atoms with van der Waals surface area (Å²) in [7, 11) is 1.95. The molecule has 1 saturated heterocycles. The van der Waals surface area contributed by atoms with E-state index in [1.807, 2.05) is 31.3 Å². The van der Waals surface area contributed by atoms with Crippen LogP contribution in [0.3, 0.4) is 0 Å². The number of rotatable bonds is 9. The number of nitrogens with zero attached hydrogens (tertiary/aromatic N) is 1. The molecular formula is C23H30FN3O3S. The van der Waals surface area contributed by atoms with Gasteiger partial charge in [0.2, 0.25) is 11.3 Å². The van der Waals surface area contributed by atoms with Crippen LogP contribution in [0.2, 0.25) is 0 Å². The highest BCUT2D eigenvalue weighted by Gasteiger charge is 2.34. The minimum Gasteiger partial charge on any atom is -0.492 e. The first kappa shape index (κ1) is 22.2. The molecule has 2 aliphatic rings. The minimum absolute atomic E-state index is 0.166. The number of anilines is 1. The average Bonchev–Trinajstić information content (AvgIpc) is 2.73. The van der Waals surface area contributed by atoms with Crippen molar-refractivity contribution in [3.8, 4) is 5.75 Å². The van der Waals surface area contributed by atoms with E-state index in [0.29, 0.717) is 30.5 Å². The number of hydrogen-bond acceptors (Lipinski definition) is 4. The summed E-state index contributed by atoms with van der Waals surface area (Å²) in [4.78, 5) is 2.08. The first-order valence-corrected chi connectivity index (χ1v) is 11.9. The molecule has 0 spiro atoms. The van der Waals surface area contributed by atoms with E-state index in [4.69, 9.17) is 9.29 Å². The Bertz CT molecular complexity index is 908. The lowest BCUT2D eigenvalue weighted by Crippen LogP contribution is -2.47. The molecule has 0 amide bonds. The Morgan fingerprint density at radius 3 is 2.74 bits per heavy atom. The molecule has 4 rings (SSSR count). The van der Waals surface area contributed by atoms with Gasteiger partial charge in [-0.3, -0.25) is 4.55 Å². The third-order valence-electron chi connectivity index (χ3n) is 6.36. The number of ether oxygens (including phenoxy) is 1. The fraction of sp³-hybridized carbons (Fsp3) is 0.478. The van der Waals surface area contributed by atoms with Crippen molar-refractivity contribution in [1.82, 2.24) is 10.0 Å². The number of hydrogen-bond donors (Lipinski definition) is 3. The molecule has 6 nitrogen and oxygen atoms in total. The normalized spacial score (nSPS) is 21.8. The molecule has 2 aliphatic heterocycles. The minimum atomic E-state index is -1.95. The van der Waals surface area contributed by atoms with Crippen molar-refractivity contribution in [2.45, 2.75) is 31.2 Å². The van der Waals surface area contributed by atoms with E-state index in [1.165, 1.54) is 5.56 Å². The van der Waals surface area contributed by atoms with Crippen molar-refractivity contribution in [2.24, 2.45) is 5.92 Å². The Kier molecular flexibility index (Phi) is 7.22. The molecule has 3 unspecified atom stereocenters. The van der Waals surface area contributed by atoms with Gasteiger partial charge in [0.15, 0.2) is 0 Å². The van der Waals surface area contributed by atoms with E-state index in [2.05, 4.69) is 27.1 Å². The highest BCUT2D eigenvalue weighted by molar-refractivity contribution is 7.77. The second-order valence-corrected chi connectivity index (χ2v) is 9.19. The highest BCUT2D eigenvalue weighted by Crippen LogP contribution is 2.41. The van der Waals surface area contributed by atoms with Gasteiger partial charge in [-0.25, -0.2) is 13.3 Å². The maximum absolute atomic E-state index is 14.9. The van der Waals surface area contributed by atoms with Gasteiger partial charge in [-0.15, -0.1) is 0 Å². The van der Waals surface area contributed by atoms with E-state index in [9.17, 15) is 8.60 Å². The van der Waals surface area contributed by atoms with Crippen molar-refractivity contribution in [1.29, 1.82) is 0 Å². The van der Waals surface area contributed by atoms with Crippen LogP contribution in [0, 0.1) is 11.7 Å². The molecule has 3 atom stereocenters. The van der Waals surface area contributed by atoms with Crippen molar-refractivity contribution in [3.05, 3.63) is 59.4 Å². The molecule has 0 saturated carbocycles. The Hall–Kier alpha value is -2.00. The summed E-state index contributed by atoms with van der Waals surface area (Å²) in [6, 6.07) is 14.1. The highest BCUT2D eigenvalue weighted by atomic mass is 32.2. The SMILES string of the molecule is CNC1COc2cc(F)c(N3CC(CCCNS(=O)O)C3)cc2C1Cc1ccccc1. The lowest BCUT2D eigenvalue weighted by atomic mass is 9.83. The zero-order valence-corrected chi connectivity index (χ0v) is 18.5. The monoisotopic (exact) mass is 447 g/mol. The van der Waals surface area contributed by atoms with Crippen LogP contribution in [0.1, 0.15) is 29.9 Å². The van der Waals surface area contributed by atoms with E-state index < -0.39 is 11.3 Å². The molecule has 0 aromatic heterocycles. The van der Waals surface area contributed by atoms with E-state index in [-0.39, 0.29) is 17.8 Å². The smallest absolute Gasteiger partial charge is 0.231 e. The van der Waals surface area contributed by atoms with Crippen molar-refractivity contribution >= 4 is 17.0 Å². The molecule has 168 valence electrons. The Morgan fingerprint density at radius 1 is 1.26 bits per heavy atom. The number of halogens is 1. The zero-order valence-electron chi connectivity index (χ0n) is 17.7. The predicted molar refractivity (Wildman–Crippen MR) is 121 cm³/mol. The summed E-state index contributed by atoms with van der Waals surface area (Å²) in [6.45, 7) is 2.64. The molecule has 31 heavy (non-hydrogen) atoms. The van der Waals surface area contributed by atoms with Crippen LogP contribution in [-0.4, -0.2) is 48.1 Å². The molecular weight excluding hydrogens is 417 g/mol. The van der Waals surface area contributed by atoms with Crippen molar-refractivity contribution in [2.75, 3.05) is 38.2 Å². The first-order chi connectivity index (χ1) is 15.0. The molecule has 2 aromatic rings. The molecule has 1 fully saturated rings. The standard InChI is InChI=1S/C23H30FN3O3S/c1-25-21-15-30-23-12-20(24)22(27-13-17(14-27)8-5-9-26-31(28)29)11-19(23)18(21)10-16-6-3-2-4-7-16/h2-4,6-7,11-12,17-18,21,25-26H,5,8-10,13-15H2,1H3,(H,28,29). The summed E-state index contributed by atoms with van der Waals surface area (Å²) in [5.74, 6) is 1.09. The number of nitrogens with one attached hydrogen (secondary N) is 2. The third-order valence-corrected chi connectivity index (χ3v) is 6.82. The van der Waals surface area contributed by atoms with Gasteiger partial charge < -0.3 is 15.0 Å². The fourth-order valence-electron chi connectivity index (χ4n) is 4.63. The summed E-state index contributed by atoms with van der Waals surface area (Å²) >= 11 is -1.95. The number of likely N-dealkylation sites (N-methyl/N-ethyl adjacent to an activating group) is 1. The van der Waals surface area contributed by atoms with Crippen molar-refractivity contribution in [3.63, 3.8) is 0 Å². The van der Waals surface area contributed by atoms with Crippen molar-refractivity contribution < 1.29 is 17.9 Å². The Balaban J connectivity index is 1.47. The zero-order chi connectivity index (χ0) is 21.8. The summed E-state index contributed by atoms with van der Waals surface area (Å²) in [5, 5.41) is 3.37.